The summed E-state index contributed by atoms with van der Waals surface area (Å²) < 4.78 is 17.3. The summed E-state index contributed by atoms with van der Waals surface area (Å²) in [6.07, 6.45) is 2.03. The number of nitrogen functional groups attached to an aromatic ring is 2. The third-order valence-corrected chi connectivity index (χ3v) is 5.89. The van der Waals surface area contributed by atoms with E-state index in [2.05, 4.69) is 15.3 Å². The van der Waals surface area contributed by atoms with E-state index in [0.29, 0.717) is 63.5 Å². The van der Waals surface area contributed by atoms with Crippen LogP contribution in [0, 0.1) is 0 Å². The summed E-state index contributed by atoms with van der Waals surface area (Å²) in [6.45, 7) is 0.308. The number of nitrogens with zero attached hydrogens (tertiary/aromatic N) is 3. The van der Waals surface area contributed by atoms with Crippen LogP contribution in [0.3, 0.4) is 0 Å². The van der Waals surface area contributed by atoms with Crippen molar-refractivity contribution < 1.29 is 18.7 Å². The Hall–Kier alpha value is -4.18. The highest BCUT2D eigenvalue weighted by Crippen LogP contribution is 2.40. The van der Waals surface area contributed by atoms with Gasteiger partial charge < -0.3 is 35.6 Å². The average molecular weight is 511 g/mol. The molecule has 10 nitrogen and oxygen atoms in total. The van der Waals surface area contributed by atoms with Crippen molar-refractivity contribution in [2.45, 2.75) is 13.0 Å². The monoisotopic (exact) mass is 510 g/mol. The quantitative estimate of drug-likeness (QED) is 0.321. The molecule has 0 bridgehead atoms. The molecule has 0 radical (unpaired) electrons. The summed E-state index contributed by atoms with van der Waals surface area (Å²) in [5.41, 5.74) is 14.9. The van der Waals surface area contributed by atoms with Gasteiger partial charge in [0, 0.05) is 48.4 Å². The standard InChI is InChI=1S/C25H27ClN6O4/c1-32(2)24(33)18-9-15(26)5-6-19(18)29-12-16-10-17-13(7-14-11-30-25(28)31-23(14)27)8-20(34-3)22(35-4)21(17)36-16/h5-6,8-11,29H,7,12H2,1-4H3,(H4,27,28,30,31). The van der Waals surface area contributed by atoms with Crippen molar-refractivity contribution in [1.82, 2.24) is 14.9 Å². The summed E-state index contributed by atoms with van der Waals surface area (Å²) >= 11 is 6.13. The number of aromatic nitrogens is 2. The third-order valence-electron chi connectivity index (χ3n) is 5.66. The molecule has 0 spiro atoms. The van der Waals surface area contributed by atoms with Gasteiger partial charge in [0.2, 0.25) is 11.7 Å². The smallest absolute Gasteiger partial charge is 0.255 e. The number of benzene rings is 2. The minimum atomic E-state index is -0.165. The normalized spacial score (nSPS) is 10.9. The van der Waals surface area contributed by atoms with Gasteiger partial charge in [-0.1, -0.05) is 11.6 Å². The fraction of sp³-hybridized carbons (Fsp3) is 0.240. The first-order chi connectivity index (χ1) is 17.2. The zero-order valence-electron chi connectivity index (χ0n) is 20.4. The maximum atomic E-state index is 12.6. The van der Waals surface area contributed by atoms with Gasteiger partial charge in [-0.05, 0) is 35.9 Å². The van der Waals surface area contributed by atoms with Crippen molar-refractivity contribution >= 4 is 45.9 Å². The number of amides is 1. The number of rotatable bonds is 8. The van der Waals surface area contributed by atoms with Crippen molar-refractivity contribution in [2.75, 3.05) is 45.1 Å². The third kappa shape index (κ3) is 4.94. The van der Waals surface area contributed by atoms with Crippen LogP contribution in [0.25, 0.3) is 11.0 Å². The van der Waals surface area contributed by atoms with Gasteiger partial charge in [-0.15, -0.1) is 0 Å². The van der Waals surface area contributed by atoms with Crippen molar-refractivity contribution in [3.63, 3.8) is 0 Å². The number of anilines is 3. The van der Waals surface area contributed by atoms with Gasteiger partial charge in [-0.25, -0.2) is 4.98 Å². The summed E-state index contributed by atoms with van der Waals surface area (Å²) in [7, 11) is 6.48. The molecule has 5 N–H and O–H groups in total. The number of ether oxygens (including phenoxy) is 2. The maximum Gasteiger partial charge on any atom is 0.255 e. The molecule has 0 aliphatic heterocycles. The fourth-order valence-electron chi connectivity index (χ4n) is 3.89. The number of furan rings is 1. The average Bonchev–Trinajstić information content (AvgIpc) is 3.28. The Kier molecular flexibility index (Phi) is 7.07. The molecular formula is C25H27ClN6O4. The molecule has 1 amide bonds. The number of carbonyl (C=O) groups is 1. The van der Waals surface area contributed by atoms with E-state index < -0.39 is 0 Å². The van der Waals surface area contributed by atoms with Crippen molar-refractivity contribution in [3.8, 4) is 11.5 Å². The SMILES string of the molecule is COc1cc(Cc2cnc(N)nc2N)c2cc(CNc3ccc(Cl)cc3C(=O)N(C)C)oc2c1OC. The molecule has 36 heavy (non-hydrogen) atoms. The van der Waals surface area contributed by atoms with Crippen LogP contribution >= 0.6 is 11.6 Å². The molecular weight excluding hydrogens is 484 g/mol. The molecule has 4 aromatic rings. The summed E-state index contributed by atoms with van der Waals surface area (Å²) in [5.74, 6) is 1.86. The lowest BCUT2D eigenvalue weighted by molar-refractivity contribution is 0.0828. The van der Waals surface area contributed by atoms with E-state index in [0.717, 1.165) is 10.9 Å². The highest BCUT2D eigenvalue weighted by atomic mass is 35.5. The highest BCUT2D eigenvalue weighted by Gasteiger charge is 2.20. The van der Waals surface area contributed by atoms with Crippen LogP contribution in [0.1, 0.15) is 27.2 Å². The van der Waals surface area contributed by atoms with Crippen molar-refractivity contribution in [3.05, 3.63) is 64.0 Å². The summed E-state index contributed by atoms with van der Waals surface area (Å²) in [6, 6.07) is 8.91. The molecule has 0 aliphatic rings. The number of hydrogen-bond donors (Lipinski definition) is 3. The molecule has 188 valence electrons. The Morgan fingerprint density at radius 1 is 1.14 bits per heavy atom. The molecule has 2 aromatic carbocycles. The van der Waals surface area contributed by atoms with E-state index >= 15 is 0 Å². The molecule has 11 heteroatoms. The number of halogens is 1. The first kappa shape index (κ1) is 24.9. The molecule has 0 aliphatic carbocycles. The Morgan fingerprint density at radius 2 is 1.92 bits per heavy atom. The molecule has 0 saturated carbocycles. The molecule has 0 unspecified atom stereocenters. The molecule has 0 atom stereocenters. The van der Waals surface area contributed by atoms with Gasteiger partial charge in [0.05, 0.1) is 26.3 Å². The zero-order chi connectivity index (χ0) is 26.0. The number of nitrogens with one attached hydrogen (secondary N) is 1. The lowest BCUT2D eigenvalue weighted by atomic mass is 10.0. The van der Waals surface area contributed by atoms with Crippen LogP contribution in [0.5, 0.6) is 11.5 Å². The Bertz CT molecular complexity index is 1440. The highest BCUT2D eigenvalue weighted by molar-refractivity contribution is 6.31. The second kappa shape index (κ2) is 10.2. The molecule has 2 aromatic heterocycles. The van der Waals surface area contributed by atoms with Crippen LogP contribution in [-0.2, 0) is 13.0 Å². The molecule has 2 heterocycles. The topological polar surface area (TPSA) is 142 Å². The molecule has 0 fully saturated rings. The zero-order valence-corrected chi connectivity index (χ0v) is 21.1. The van der Waals surface area contributed by atoms with Crippen LogP contribution < -0.4 is 26.3 Å². The predicted molar refractivity (Wildman–Crippen MR) is 140 cm³/mol. The minimum absolute atomic E-state index is 0.111. The summed E-state index contributed by atoms with van der Waals surface area (Å²) in [5, 5.41) is 4.57. The van der Waals surface area contributed by atoms with E-state index in [-0.39, 0.29) is 11.9 Å². The van der Waals surface area contributed by atoms with Crippen molar-refractivity contribution in [1.29, 1.82) is 0 Å². The second-order valence-electron chi connectivity index (χ2n) is 8.29. The Balaban J connectivity index is 1.72. The van der Waals surface area contributed by atoms with Crippen LogP contribution in [0.2, 0.25) is 5.02 Å². The fourth-order valence-corrected chi connectivity index (χ4v) is 4.06. The van der Waals surface area contributed by atoms with E-state index in [1.807, 2.05) is 12.1 Å². The van der Waals surface area contributed by atoms with Gasteiger partial charge in [0.1, 0.15) is 11.6 Å². The van der Waals surface area contributed by atoms with Gasteiger partial charge in [-0.3, -0.25) is 4.79 Å². The Morgan fingerprint density at radius 3 is 2.58 bits per heavy atom. The van der Waals surface area contributed by atoms with E-state index in [9.17, 15) is 4.79 Å². The predicted octanol–water partition coefficient (Wildman–Crippen LogP) is 3.96. The van der Waals surface area contributed by atoms with Crippen LogP contribution in [-0.4, -0.2) is 49.1 Å². The first-order valence-electron chi connectivity index (χ1n) is 11.0. The number of methoxy groups -OCH3 is 2. The van der Waals surface area contributed by atoms with Gasteiger partial charge in [0.15, 0.2) is 11.3 Å². The van der Waals surface area contributed by atoms with Crippen molar-refractivity contribution in [2.24, 2.45) is 0 Å². The summed E-state index contributed by atoms with van der Waals surface area (Å²) in [4.78, 5) is 22.2. The second-order valence-corrected chi connectivity index (χ2v) is 8.72. The number of hydrogen-bond acceptors (Lipinski definition) is 9. The molecule has 4 rings (SSSR count). The number of nitrogens with two attached hydrogens (primary N) is 2. The number of fused-ring (bicyclic) bond motifs is 1. The van der Waals surface area contributed by atoms with Crippen LogP contribution in [0.4, 0.5) is 17.5 Å². The van der Waals surface area contributed by atoms with Gasteiger partial charge in [-0.2, -0.15) is 4.98 Å². The van der Waals surface area contributed by atoms with E-state index in [1.165, 1.54) is 4.90 Å². The Labute approximate surface area is 213 Å². The molecule has 0 saturated heterocycles. The number of carbonyl (C=O) groups excluding carboxylic acids is 1. The van der Waals surface area contributed by atoms with Gasteiger partial charge in [0.25, 0.3) is 5.91 Å². The van der Waals surface area contributed by atoms with E-state index in [4.69, 9.17) is 37.0 Å². The minimum Gasteiger partial charge on any atom is -0.493 e. The van der Waals surface area contributed by atoms with Crippen LogP contribution in [0.15, 0.2) is 40.9 Å². The van der Waals surface area contributed by atoms with Gasteiger partial charge >= 0.3 is 0 Å². The maximum absolute atomic E-state index is 12.6. The first-order valence-corrected chi connectivity index (χ1v) is 11.4. The lowest BCUT2D eigenvalue weighted by Gasteiger charge is -2.15. The lowest BCUT2D eigenvalue weighted by Crippen LogP contribution is -2.23. The largest absolute Gasteiger partial charge is 0.493 e. The van der Waals surface area contributed by atoms with E-state index in [1.54, 1.807) is 52.7 Å².